The van der Waals surface area contributed by atoms with E-state index in [1.165, 1.54) is 35.6 Å². The van der Waals surface area contributed by atoms with E-state index in [1.54, 1.807) is 12.0 Å². The van der Waals surface area contributed by atoms with Gasteiger partial charge in [0.25, 0.3) is 0 Å². The number of aromatic nitrogens is 1. The number of nitrogens with zero attached hydrogens (tertiary/aromatic N) is 3. The molecule has 3 aromatic rings. The number of hydrogen-bond acceptors (Lipinski definition) is 7. The van der Waals surface area contributed by atoms with Gasteiger partial charge in [0.2, 0.25) is 5.91 Å². The molecule has 0 aliphatic rings. The highest BCUT2D eigenvalue weighted by atomic mass is 35.5. The van der Waals surface area contributed by atoms with Crippen LogP contribution in [0.3, 0.4) is 0 Å². The van der Waals surface area contributed by atoms with Gasteiger partial charge in [-0.3, -0.25) is 9.69 Å². The number of benzene rings is 2. The maximum absolute atomic E-state index is 13.2. The predicted molar refractivity (Wildman–Crippen MR) is 142 cm³/mol. The van der Waals surface area contributed by atoms with E-state index in [2.05, 4.69) is 0 Å². The summed E-state index contributed by atoms with van der Waals surface area (Å²) in [4.78, 5) is 21.7. The van der Waals surface area contributed by atoms with Crippen LogP contribution >= 0.6 is 35.3 Å². The molecule has 0 aliphatic carbocycles. The standard InChI is InChI=1S/C23H28ClN3O4S2.ClH/c1-16-6-11-19(31-4)21-22(16)32-23(25-21)27(14-5-13-26(2)3)20(28)12-15-33(29,30)18-9-7-17(24)8-10-18;/h6-11H,5,12-15H2,1-4H3;1H. The lowest BCUT2D eigenvalue weighted by Crippen LogP contribution is -2.34. The zero-order valence-electron chi connectivity index (χ0n) is 19.6. The summed E-state index contributed by atoms with van der Waals surface area (Å²) in [6, 6.07) is 9.79. The summed E-state index contributed by atoms with van der Waals surface area (Å²) in [5.74, 6) is 0.0799. The number of fused-ring (bicyclic) bond motifs is 1. The van der Waals surface area contributed by atoms with Crippen LogP contribution in [0.4, 0.5) is 5.13 Å². The molecule has 0 saturated carbocycles. The lowest BCUT2D eigenvalue weighted by Gasteiger charge is -2.21. The van der Waals surface area contributed by atoms with E-state index in [1.807, 2.05) is 38.1 Å². The first kappa shape index (κ1) is 28.3. The second-order valence-electron chi connectivity index (χ2n) is 7.98. The van der Waals surface area contributed by atoms with Crippen molar-refractivity contribution >= 4 is 66.4 Å². The fourth-order valence-electron chi connectivity index (χ4n) is 3.37. The molecule has 11 heteroatoms. The molecule has 0 aliphatic heterocycles. The molecule has 0 atom stereocenters. The Balaban J connectivity index is 0.00000408. The van der Waals surface area contributed by atoms with Gasteiger partial charge < -0.3 is 9.64 Å². The van der Waals surface area contributed by atoms with E-state index < -0.39 is 9.84 Å². The van der Waals surface area contributed by atoms with Crippen molar-refractivity contribution in [2.24, 2.45) is 0 Å². The van der Waals surface area contributed by atoms with Crippen molar-refractivity contribution in [3.8, 4) is 5.75 Å². The maximum atomic E-state index is 13.2. The highest BCUT2D eigenvalue weighted by Crippen LogP contribution is 2.36. The highest BCUT2D eigenvalue weighted by molar-refractivity contribution is 7.91. The van der Waals surface area contributed by atoms with Crippen molar-refractivity contribution < 1.29 is 17.9 Å². The Morgan fingerprint density at radius 2 is 1.79 bits per heavy atom. The van der Waals surface area contributed by atoms with E-state index >= 15 is 0 Å². The molecule has 0 spiro atoms. The van der Waals surface area contributed by atoms with Gasteiger partial charge in [0.1, 0.15) is 11.3 Å². The number of aryl methyl sites for hydroxylation is 1. The normalized spacial score (nSPS) is 11.5. The van der Waals surface area contributed by atoms with Gasteiger partial charge in [-0.1, -0.05) is 29.0 Å². The van der Waals surface area contributed by atoms with Crippen LogP contribution in [-0.2, 0) is 14.6 Å². The molecule has 34 heavy (non-hydrogen) atoms. The number of carbonyl (C=O) groups is 1. The molecule has 7 nitrogen and oxygen atoms in total. The molecule has 0 saturated heterocycles. The molecule has 0 N–H and O–H groups in total. The van der Waals surface area contributed by atoms with Gasteiger partial charge in [0.05, 0.1) is 22.5 Å². The summed E-state index contributed by atoms with van der Waals surface area (Å²) in [6.45, 7) is 3.22. The number of rotatable bonds is 10. The number of ether oxygens (including phenoxy) is 1. The fraction of sp³-hybridized carbons (Fsp3) is 0.391. The van der Waals surface area contributed by atoms with Gasteiger partial charge in [-0.05, 0) is 69.9 Å². The van der Waals surface area contributed by atoms with Crippen molar-refractivity contribution in [2.75, 3.05) is 44.9 Å². The third-order valence-electron chi connectivity index (χ3n) is 5.19. The average Bonchev–Trinajstić information content (AvgIpc) is 3.21. The summed E-state index contributed by atoms with van der Waals surface area (Å²) < 4.78 is 31.9. The predicted octanol–water partition coefficient (Wildman–Crippen LogP) is 4.84. The Labute approximate surface area is 216 Å². The number of carbonyl (C=O) groups excluding carboxylic acids is 1. The summed E-state index contributed by atoms with van der Waals surface area (Å²) in [5, 5.41) is 1.00. The molecule has 1 aromatic heterocycles. The van der Waals surface area contributed by atoms with Crippen molar-refractivity contribution in [3.05, 3.63) is 47.0 Å². The van der Waals surface area contributed by atoms with E-state index in [0.717, 1.165) is 23.2 Å². The molecule has 0 fully saturated rings. The fourth-order valence-corrected chi connectivity index (χ4v) is 5.82. The minimum Gasteiger partial charge on any atom is -0.494 e. The molecule has 0 radical (unpaired) electrons. The lowest BCUT2D eigenvalue weighted by atomic mass is 10.2. The highest BCUT2D eigenvalue weighted by Gasteiger charge is 2.24. The number of methoxy groups -OCH3 is 1. The summed E-state index contributed by atoms with van der Waals surface area (Å²) in [6.07, 6.45) is 0.591. The van der Waals surface area contributed by atoms with Crippen LogP contribution in [0.5, 0.6) is 5.75 Å². The third-order valence-corrected chi connectivity index (χ3v) is 8.39. The number of hydrogen-bond donors (Lipinski definition) is 0. The number of amides is 1. The van der Waals surface area contributed by atoms with Crippen LogP contribution in [0.1, 0.15) is 18.4 Å². The van der Waals surface area contributed by atoms with Gasteiger partial charge in [0, 0.05) is 18.0 Å². The molecule has 186 valence electrons. The van der Waals surface area contributed by atoms with Gasteiger partial charge in [-0.15, -0.1) is 12.4 Å². The van der Waals surface area contributed by atoms with E-state index in [4.69, 9.17) is 21.3 Å². The Kier molecular flexibility index (Phi) is 10.1. The summed E-state index contributed by atoms with van der Waals surface area (Å²) >= 11 is 7.28. The van der Waals surface area contributed by atoms with Crippen LogP contribution in [0.25, 0.3) is 10.2 Å². The maximum Gasteiger partial charge on any atom is 0.229 e. The van der Waals surface area contributed by atoms with Crippen LogP contribution in [0.2, 0.25) is 5.02 Å². The Morgan fingerprint density at radius 1 is 1.12 bits per heavy atom. The quantitative estimate of drug-likeness (QED) is 0.362. The first-order chi connectivity index (χ1) is 15.6. The molecule has 0 unspecified atom stereocenters. The molecule has 3 rings (SSSR count). The minimum absolute atomic E-state index is 0. The zero-order valence-corrected chi connectivity index (χ0v) is 22.8. The molecule has 2 aromatic carbocycles. The largest absolute Gasteiger partial charge is 0.494 e. The minimum atomic E-state index is -3.62. The molecule has 1 heterocycles. The van der Waals surface area contributed by atoms with Gasteiger partial charge in [0.15, 0.2) is 15.0 Å². The van der Waals surface area contributed by atoms with E-state index in [0.29, 0.717) is 28.0 Å². The molecule has 1 amide bonds. The first-order valence-electron chi connectivity index (χ1n) is 10.5. The van der Waals surface area contributed by atoms with E-state index in [9.17, 15) is 13.2 Å². The average molecular weight is 547 g/mol. The topological polar surface area (TPSA) is 79.8 Å². The van der Waals surface area contributed by atoms with Gasteiger partial charge in [-0.25, -0.2) is 13.4 Å². The third kappa shape index (κ3) is 6.82. The van der Waals surface area contributed by atoms with Crippen molar-refractivity contribution in [2.45, 2.75) is 24.7 Å². The van der Waals surface area contributed by atoms with Crippen LogP contribution < -0.4 is 9.64 Å². The number of thiazole rings is 1. The monoisotopic (exact) mass is 545 g/mol. The Hall–Kier alpha value is -1.91. The smallest absolute Gasteiger partial charge is 0.229 e. The van der Waals surface area contributed by atoms with Crippen molar-refractivity contribution in [1.29, 1.82) is 0 Å². The van der Waals surface area contributed by atoms with Gasteiger partial charge >= 0.3 is 0 Å². The summed E-state index contributed by atoms with van der Waals surface area (Å²) in [7, 11) is 1.91. The van der Waals surface area contributed by atoms with E-state index in [-0.39, 0.29) is 35.4 Å². The number of halogens is 2. The van der Waals surface area contributed by atoms with Crippen molar-refractivity contribution in [1.82, 2.24) is 9.88 Å². The van der Waals surface area contributed by atoms with Gasteiger partial charge in [-0.2, -0.15) is 0 Å². The Bertz CT molecular complexity index is 1230. The molecule has 0 bridgehead atoms. The molecular weight excluding hydrogens is 517 g/mol. The van der Waals surface area contributed by atoms with Crippen molar-refractivity contribution in [3.63, 3.8) is 0 Å². The zero-order chi connectivity index (χ0) is 24.2. The second kappa shape index (κ2) is 12.2. The number of sulfone groups is 1. The SMILES string of the molecule is COc1ccc(C)c2sc(N(CCCN(C)C)C(=O)CCS(=O)(=O)c3ccc(Cl)cc3)nc12.Cl. The van der Waals surface area contributed by atoms with Crippen LogP contribution in [0, 0.1) is 6.92 Å². The summed E-state index contributed by atoms with van der Waals surface area (Å²) in [5.41, 5.74) is 1.75. The Morgan fingerprint density at radius 3 is 2.41 bits per heavy atom. The van der Waals surface area contributed by atoms with Crippen LogP contribution in [0.15, 0.2) is 41.3 Å². The molecular formula is C23H29Cl2N3O4S2. The van der Waals surface area contributed by atoms with Crippen LogP contribution in [-0.4, -0.2) is 64.3 Å². The lowest BCUT2D eigenvalue weighted by molar-refractivity contribution is -0.118. The first-order valence-corrected chi connectivity index (χ1v) is 13.3. The number of anilines is 1. The second-order valence-corrected chi connectivity index (χ2v) is 11.5.